The number of aromatic nitrogens is 3. The molecule has 3 aromatic heterocycles. The van der Waals surface area contributed by atoms with Gasteiger partial charge in [0.2, 0.25) is 0 Å². The van der Waals surface area contributed by atoms with E-state index >= 15 is 0 Å². The Morgan fingerprint density at radius 1 is 0.696 bits per heavy atom. The molecule has 7 heteroatoms. The summed E-state index contributed by atoms with van der Waals surface area (Å²) in [4.78, 5) is 13.6. The minimum Gasteiger partial charge on any atom is -0.503 e. The van der Waals surface area contributed by atoms with E-state index in [1.165, 1.54) is 5.56 Å². The van der Waals surface area contributed by atoms with E-state index in [4.69, 9.17) is 9.72 Å². The smallest absolute Gasteiger partial charge is 0.135 e. The molecule has 6 nitrogen and oxygen atoms in total. The Hall–Kier alpha value is -4.93. The molecule has 0 fully saturated rings. The molecular weight excluding hydrogens is 750 g/mol. The maximum absolute atomic E-state index is 6.34. The summed E-state index contributed by atoms with van der Waals surface area (Å²) in [5, 5.41) is 2.21. The van der Waals surface area contributed by atoms with Gasteiger partial charge in [0.05, 0.1) is 0 Å². The molecule has 0 bridgehead atoms. The number of hydrogen-bond donors (Lipinski definition) is 0. The minimum atomic E-state index is -0.00757. The predicted octanol–water partition coefficient (Wildman–Crippen LogP) is 9.67. The average Bonchev–Trinajstić information content (AvgIpc) is 3.61. The fraction of sp³-hybridized carbons (Fsp3) is 0.103. The summed E-state index contributed by atoms with van der Waals surface area (Å²) in [7, 11) is 0. The third-order valence-corrected chi connectivity index (χ3v) is 8.19. The number of nitrogens with zero attached hydrogens (tertiary/aromatic N) is 5. The molecule has 4 aromatic carbocycles. The average molecular weight is 780 g/mol. The van der Waals surface area contributed by atoms with Crippen LogP contribution in [0.3, 0.4) is 0 Å². The van der Waals surface area contributed by atoms with Gasteiger partial charge in [-0.2, -0.15) is 23.9 Å². The van der Waals surface area contributed by atoms with E-state index in [0.717, 1.165) is 50.4 Å². The summed E-state index contributed by atoms with van der Waals surface area (Å²) in [6.07, 6.45) is 3.63. The van der Waals surface area contributed by atoms with Crippen LogP contribution >= 0.6 is 0 Å². The zero-order valence-electron chi connectivity index (χ0n) is 25.6. The normalized spacial score (nSPS) is 12.8. The Labute approximate surface area is 283 Å². The molecule has 46 heavy (non-hydrogen) atoms. The molecule has 8 rings (SSSR count). The van der Waals surface area contributed by atoms with Crippen LogP contribution in [-0.4, -0.2) is 14.5 Å². The number of pyridine rings is 2. The summed E-state index contributed by atoms with van der Waals surface area (Å²) in [5.41, 5.74) is 7.22. The zero-order chi connectivity index (χ0) is 30.5. The van der Waals surface area contributed by atoms with E-state index in [2.05, 4.69) is 132 Å². The third kappa shape index (κ3) is 5.23. The molecular formula is C39H30N5OPt-3. The van der Waals surface area contributed by atoms with Gasteiger partial charge in [0.15, 0.2) is 0 Å². The second-order valence-corrected chi connectivity index (χ2v) is 12.1. The van der Waals surface area contributed by atoms with Crippen LogP contribution in [-0.2, 0) is 26.5 Å². The van der Waals surface area contributed by atoms with Crippen LogP contribution in [0.25, 0.3) is 27.6 Å². The topological polar surface area (TPSA) is 46.4 Å². The largest absolute Gasteiger partial charge is 0.503 e. The number of anilines is 4. The maximum Gasteiger partial charge on any atom is 0.135 e. The van der Waals surface area contributed by atoms with Crippen molar-refractivity contribution in [2.75, 3.05) is 9.80 Å². The Morgan fingerprint density at radius 2 is 1.41 bits per heavy atom. The molecule has 0 N–H and O–H groups in total. The van der Waals surface area contributed by atoms with Crippen molar-refractivity contribution >= 4 is 44.6 Å². The monoisotopic (exact) mass is 779 g/mol. The molecule has 0 saturated heterocycles. The third-order valence-electron chi connectivity index (χ3n) is 8.19. The van der Waals surface area contributed by atoms with Crippen LogP contribution in [0, 0.1) is 18.8 Å². The number of ether oxygens (including phenoxy) is 1. The summed E-state index contributed by atoms with van der Waals surface area (Å²) >= 11 is 0. The van der Waals surface area contributed by atoms with Gasteiger partial charge in [0, 0.05) is 55.6 Å². The van der Waals surface area contributed by atoms with Gasteiger partial charge in [-0.15, -0.1) is 24.2 Å². The molecule has 1 aliphatic rings. The van der Waals surface area contributed by atoms with Gasteiger partial charge >= 0.3 is 0 Å². The van der Waals surface area contributed by atoms with E-state index in [9.17, 15) is 0 Å². The molecule has 1 aliphatic heterocycles. The van der Waals surface area contributed by atoms with Gasteiger partial charge < -0.3 is 19.1 Å². The number of fused-ring (bicyclic) bond motifs is 4. The van der Waals surface area contributed by atoms with Gasteiger partial charge in [0.1, 0.15) is 11.7 Å². The van der Waals surface area contributed by atoms with Crippen molar-refractivity contribution in [3.63, 3.8) is 0 Å². The fourth-order valence-corrected chi connectivity index (χ4v) is 5.93. The maximum atomic E-state index is 6.34. The van der Waals surface area contributed by atoms with E-state index in [1.54, 1.807) is 6.20 Å². The summed E-state index contributed by atoms with van der Waals surface area (Å²) in [6.45, 7) is 8.72. The van der Waals surface area contributed by atoms with E-state index in [-0.39, 0.29) is 26.5 Å². The van der Waals surface area contributed by atoms with Crippen molar-refractivity contribution in [1.29, 1.82) is 0 Å². The molecule has 0 amide bonds. The molecule has 0 aliphatic carbocycles. The second kappa shape index (κ2) is 11.8. The predicted molar refractivity (Wildman–Crippen MR) is 181 cm³/mol. The van der Waals surface area contributed by atoms with Gasteiger partial charge in [-0.05, 0) is 65.0 Å². The molecule has 4 heterocycles. The van der Waals surface area contributed by atoms with Gasteiger partial charge in [0.25, 0.3) is 0 Å². The molecule has 0 atom stereocenters. The van der Waals surface area contributed by atoms with E-state index in [0.29, 0.717) is 11.6 Å². The summed E-state index contributed by atoms with van der Waals surface area (Å²) in [5.74, 6) is 1.76. The number of para-hydroxylation sites is 4. The standard InChI is InChI=1S/C39H30N5O.Pt/c1-39(2,3)27-19-21-40-37(23-27)44-33-14-8-7-13-31(33)32-18-17-30(25-36(32)44)45-38-24-29(20-22-41-38)43-26-42(28-11-5-4-6-12-28)34-15-9-10-16-35(34)43;/h4-23,26H,1-3H3;/q-3;. The van der Waals surface area contributed by atoms with Crippen molar-refractivity contribution in [1.82, 2.24) is 14.5 Å². The van der Waals surface area contributed by atoms with Crippen LogP contribution in [0.5, 0.6) is 11.6 Å². The Balaban J connectivity index is 0.00000338. The molecule has 230 valence electrons. The van der Waals surface area contributed by atoms with Crippen LogP contribution in [0.1, 0.15) is 26.3 Å². The van der Waals surface area contributed by atoms with Crippen molar-refractivity contribution < 1.29 is 25.8 Å². The molecule has 0 unspecified atom stereocenters. The van der Waals surface area contributed by atoms with Crippen LogP contribution in [0.2, 0.25) is 0 Å². The van der Waals surface area contributed by atoms with Crippen LogP contribution < -0.4 is 14.5 Å². The molecule has 0 saturated carbocycles. The quantitative estimate of drug-likeness (QED) is 0.163. The van der Waals surface area contributed by atoms with Crippen molar-refractivity contribution in [3.05, 3.63) is 146 Å². The molecule has 0 spiro atoms. The first-order chi connectivity index (χ1) is 21.9. The van der Waals surface area contributed by atoms with Crippen molar-refractivity contribution in [2.24, 2.45) is 0 Å². The van der Waals surface area contributed by atoms with Gasteiger partial charge in [-0.1, -0.05) is 74.8 Å². The number of hydrogen-bond acceptors (Lipinski definition) is 5. The Morgan fingerprint density at radius 3 is 2.22 bits per heavy atom. The Bertz CT molecular complexity index is 2190. The van der Waals surface area contributed by atoms with Gasteiger partial charge in [-0.3, -0.25) is 4.98 Å². The van der Waals surface area contributed by atoms with E-state index in [1.807, 2.05) is 42.6 Å². The number of rotatable bonds is 5. The second-order valence-electron chi connectivity index (χ2n) is 12.1. The first-order valence-electron chi connectivity index (χ1n) is 15.0. The van der Waals surface area contributed by atoms with Crippen molar-refractivity contribution in [2.45, 2.75) is 26.2 Å². The van der Waals surface area contributed by atoms with E-state index < -0.39 is 0 Å². The molecule has 7 aromatic rings. The van der Waals surface area contributed by atoms with Crippen LogP contribution in [0.4, 0.5) is 22.7 Å². The Kier molecular flexibility index (Phi) is 7.62. The first-order valence-corrected chi connectivity index (χ1v) is 15.0. The minimum absolute atomic E-state index is 0. The summed E-state index contributed by atoms with van der Waals surface area (Å²) in [6, 6.07) is 44.1. The number of benzene rings is 4. The van der Waals surface area contributed by atoms with Gasteiger partial charge in [-0.25, -0.2) is 4.98 Å². The van der Waals surface area contributed by atoms with Crippen LogP contribution in [0.15, 0.2) is 122 Å². The first kappa shape index (κ1) is 29.8. The fourth-order valence-electron chi connectivity index (χ4n) is 5.93. The summed E-state index contributed by atoms with van der Waals surface area (Å²) < 4.78 is 8.50. The SMILES string of the molecule is CC(C)(C)c1ccnc(-n2c3[c-]c(Oc4[c-]c(N5[CH-]N(c6ccccc6)c6ccccc65)ccn4)ccc3c3ccccc32)c1.[Pt]. The zero-order valence-corrected chi connectivity index (χ0v) is 27.9. The van der Waals surface area contributed by atoms with Crippen molar-refractivity contribution in [3.8, 4) is 17.4 Å². The molecule has 0 radical (unpaired) electrons.